The zero-order valence-electron chi connectivity index (χ0n) is 12.6. The van der Waals surface area contributed by atoms with Gasteiger partial charge in [-0.25, -0.2) is 4.98 Å². The molecule has 6 nitrogen and oxygen atoms in total. The van der Waals surface area contributed by atoms with Crippen molar-refractivity contribution in [1.82, 2.24) is 19.7 Å². The molecule has 0 spiro atoms. The molecule has 0 fully saturated rings. The lowest BCUT2D eigenvalue weighted by Gasteiger charge is -2.09. The van der Waals surface area contributed by atoms with Gasteiger partial charge < -0.3 is 9.88 Å². The SMILES string of the molecule is CC(Sc1nncn1C)C(=O)Nc1nc(-c2ccccc2)cs1. The molecule has 1 N–H and O–H groups in total. The summed E-state index contributed by atoms with van der Waals surface area (Å²) in [5.41, 5.74) is 1.89. The van der Waals surface area contributed by atoms with Gasteiger partial charge >= 0.3 is 0 Å². The molecule has 1 atom stereocenters. The second-order valence-electron chi connectivity index (χ2n) is 4.88. The van der Waals surface area contributed by atoms with Crippen molar-refractivity contribution in [1.29, 1.82) is 0 Å². The van der Waals surface area contributed by atoms with Crippen molar-refractivity contribution >= 4 is 34.1 Å². The highest BCUT2D eigenvalue weighted by Gasteiger charge is 2.18. The summed E-state index contributed by atoms with van der Waals surface area (Å²) in [5.74, 6) is -0.105. The Bertz CT molecular complexity index is 799. The molecule has 0 bridgehead atoms. The number of hydrogen-bond donors (Lipinski definition) is 1. The molecule has 0 aliphatic heterocycles. The topological polar surface area (TPSA) is 72.7 Å². The molecule has 2 heterocycles. The van der Waals surface area contributed by atoms with Gasteiger partial charge in [0, 0.05) is 18.0 Å². The van der Waals surface area contributed by atoms with Crippen LogP contribution in [0.2, 0.25) is 0 Å². The Morgan fingerprint density at radius 1 is 1.35 bits per heavy atom. The van der Waals surface area contributed by atoms with Gasteiger partial charge in [0.25, 0.3) is 0 Å². The molecule has 8 heteroatoms. The van der Waals surface area contributed by atoms with E-state index in [1.54, 1.807) is 10.9 Å². The van der Waals surface area contributed by atoms with Gasteiger partial charge in [0.15, 0.2) is 10.3 Å². The highest BCUT2D eigenvalue weighted by Crippen LogP contribution is 2.26. The van der Waals surface area contributed by atoms with Gasteiger partial charge in [0.05, 0.1) is 10.9 Å². The molecule has 0 aliphatic carbocycles. The smallest absolute Gasteiger partial charge is 0.239 e. The molecule has 2 aromatic heterocycles. The third kappa shape index (κ3) is 3.77. The fourth-order valence-corrected chi connectivity index (χ4v) is 3.38. The van der Waals surface area contributed by atoms with Crippen LogP contribution in [0.15, 0.2) is 47.2 Å². The predicted octanol–water partition coefficient (Wildman–Crippen LogP) is 3.06. The number of carbonyl (C=O) groups excluding carboxylic acids is 1. The number of rotatable bonds is 5. The molecule has 0 saturated heterocycles. The maximum Gasteiger partial charge on any atom is 0.239 e. The second-order valence-corrected chi connectivity index (χ2v) is 7.04. The zero-order valence-corrected chi connectivity index (χ0v) is 14.3. The number of aryl methyl sites for hydroxylation is 1. The van der Waals surface area contributed by atoms with Crippen molar-refractivity contribution in [2.45, 2.75) is 17.3 Å². The minimum absolute atomic E-state index is 0.105. The number of thiazole rings is 1. The first-order chi connectivity index (χ1) is 11.1. The van der Waals surface area contributed by atoms with Gasteiger partial charge in [-0.1, -0.05) is 42.1 Å². The largest absolute Gasteiger partial charge is 0.312 e. The van der Waals surface area contributed by atoms with Crippen LogP contribution in [-0.2, 0) is 11.8 Å². The molecule has 118 valence electrons. The van der Waals surface area contributed by atoms with Crippen LogP contribution in [-0.4, -0.2) is 30.9 Å². The monoisotopic (exact) mass is 345 g/mol. The number of amides is 1. The quantitative estimate of drug-likeness (QED) is 0.720. The van der Waals surface area contributed by atoms with Gasteiger partial charge in [-0.2, -0.15) is 0 Å². The van der Waals surface area contributed by atoms with E-state index in [0.717, 1.165) is 11.3 Å². The molecular formula is C15H15N5OS2. The average Bonchev–Trinajstić information content (AvgIpc) is 3.18. The Labute approximate surface area is 142 Å². The molecule has 3 rings (SSSR count). The van der Waals surface area contributed by atoms with E-state index >= 15 is 0 Å². The fourth-order valence-electron chi connectivity index (χ4n) is 1.87. The summed E-state index contributed by atoms with van der Waals surface area (Å²) >= 11 is 2.78. The van der Waals surface area contributed by atoms with Crippen molar-refractivity contribution in [3.63, 3.8) is 0 Å². The number of thioether (sulfide) groups is 1. The average molecular weight is 345 g/mol. The standard InChI is InChI=1S/C15H15N5OS2/c1-10(23-15-19-16-9-20(15)2)13(21)18-14-17-12(8-22-14)11-6-4-3-5-7-11/h3-10H,1-2H3,(H,17,18,21). The van der Waals surface area contributed by atoms with E-state index in [1.165, 1.54) is 23.1 Å². The molecule has 1 amide bonds. The summed E-state index contributed by atoms with van der Waals surface area (Å²) in [5, 5.41) is 13.6. The van der Waals surface area contributed by atoms with Crippen molar-refractivity contribution in [2.75, 3.05) is 5.32 Å². The number of carbonyl (C=O) groups is 1. The number of nitrogens with one attached hydrogen (secondary N) is 1. The Kier molecular flexibility index (Phi) is 4.73. The Hall–Kier alpha value is -2.19. The first-order valence-electron chi connectivity index (χ1n) is 6.96. The second kappa shape index (κ2) is 6.93. The normalized spacial score (nSPS) is 12.1. The van der Waals surface area contributed by atoms with E-state index in [2.05, 4.69) is 20.5 Å². The van der Waals surface area contributed by atoms with Crippen LogP contribution >= 0.6 is 23.1 Å². The van der Waals surface area contributed by atoms with Crippen LogP contribution in [0.25, 0.3) is 11.3 Å². The lowest BCUT2D eigenvalue weighted by atomic mass is 10.2. The molecule has 1 unspecified atom stereocenters. The van der Waals surface area contributed by atoms with Crippen LogP contribution < -0.4 is 5.32 Å². The number of anilines is 1. The third-order valence-electron chi connectivity index (χ3n) is 3.13. The molecular weight excluding hydrogens is 330 g/mol. The van der Waals surface area contributed by atoms with E-state index in [4.69, 9.17) is 0 Å². The highest BCUT2D eigenvalue weighted by atomic mass is 32.2. The fraction of sp³-hybridized carbons (Fsp3) is 0.200. The number of hydrogen-bond acceptors (Lipinski definition) is 6. The molecule has 1 aromatic carbocycles. The Morgan fingerprint density at radius 2 is 2.13 bits per heavy atom. The van der Waals surface area contributed by atoms with Crippen molar-refractivity contribution in [3.8, 4) is 11.3 Å². The van der Waals surface area contributed by atoms with E-state index in [-0.39, 0.29) is 11.2 Å². The molecule has 0 aliphatic rings. The molecule has 23 heavy (non-hydrogen) atoms. The summed E-state index contributed by atoms with van der Waals surface area (Å²) in [6, 6.07) is 9.88. The van der Waals surface area contributed by atoms with Gasteiger partial charge in [0.1, 0.15) is 6.33 Å². The summed E-state index contributed by atoms with van der Waals surface area (Å²) in [6.45, 7) is 1.83. The predicted molar refractivity (Wildman–Crippen MR) is 92.5 cm³/mol. The molecule has 3 aromatic rings. The third-order valence-corrected chi connectivity index (χ3v) is 5.03. The maximum absolute atomic E-state index is 12.3. The summed E-state index contributed by atoms with van der Waals surface area (Å²) in [6.07, 6.45) is 1.61. The van der Waals surface area contributed by atoms with Crippen molar-refractivity contribution < 1.29 is 4.79 Å². The zero-order chi connectivity index (χ0) is 16.2. The van der Waals surface area contributed by atoms with E-state index < -0.39 is 0 Å². The Balaban J connectivity index is 1.64. The Morgan fingerprint density at radius 3 is 2.83 bits per heavy atom. The number of aromatic nitrogens is 4. The van der Waals surface area contributed by atoms with E-state index in [0.29, 0.717) is 10.3 Å². The van der Waals surface area contributed by atoms with Gasteiger partial charge in [-0.05, 0) is 6.92 Å². The maximum atomic E-state index is 12.3. The van der Waals surface area contributed by atoms with Crippen molar-refractivity contribution in [2.24, 2.45) is 7.05 Å². The van der Waals surface area contributed by atoms with Gasteiger partial charge in [0.2, 0.25) is 5.91 Å². The minimum atomic E-state index is -0.290. The van der Waals surface area contributed by atoms with Crippen LogP contribution in [0.3, 0.4) is 0 Å². The summed E-state index contributed by atoms with van der Waals surface area (Å²) < 4.78 is 1.78. The lowest BCUT2D eigenvalue weighted by Crippen LogP contribution is -2.22. The van der Waals surface area contributed by atoms with Crippen LogP contribution in [0.4, 0.5) is 5.13 Å². The first kappa shape index (κ1) is 15.7. The highest BCUT2D eigenvalue weighted by molar-refractivity contribution is 8.00. The van der Waals surface area contributed by atoms with E-state index in [9.17, 15) is 4.79 Å². The van der Waals surface area contributed by atoms with Gasteiger partial charge in [-0.3, -0.25) is 4.79 Å². The molecule has 0 saturated carbocycles. The number of benzene rings is 1. The van der Waals surface area contributed by atoms with Crippen LogP contribution in [0.1, 0.15) is 6.92 Å². The van der Waals surface area contributed by atoms with Crippen LogP contribution in [0.5, 0.6) is 0 Å². The molecule has 0 radical (unpaired) electrons. The lowest BCUT2D eigenvalue weighted by molar-refractivity contribution is -0.115. The van der Waals surface area contributed by atoms with Gasteiger partial charge in [-0.15, -0.1) is 21.5 Å². The van der Waals surface area contributed by atoms with Crippen molar-refractivity contribution in [3.05, 3.63) is 42.0 Å². The summed E-state index contributed by atoms with van der Waals surface area (Å²) in [4.78, 5) is 16.7. The summed E-state index contributed by atoms with van der Waals surface area (Å²) in [7, 11) is 1.85. The van der Waals surface area contributed by atoms with Crippen LogP contribution in [0, 0.1) is 0 Å². The number of nitrogens with zero attached hydrogens (tertiary/aromatic N) is 4. The van der Waals surface area contributed by atoms with E-state index in [1.807, 2.05) is 49.7 Å². The first-order valence-corrected chi connectivity index (χ1v) is 8.72. The minimum Gasteiger partial charge on any atom is -0.312 e.